The number of aromatic nitrogens is 3. The lowest BCUT2D eigenvalue weighted by Gasteiger charge is -2.06. The second-order valence-corrected chi connectivity index (χ2v) is 5.81. The Kier molecular flexibility index (Phi) is 2.94. The molecule has 0 spiro atoms. The molecule has 0 unspecified atom stereocenters. The van der Waals surface area contributed by atoms with E-state index in [2.05, 4.69) is 26.8 Å². The molecule has 3 rings (SSSR count). The van der Waals surface area contributed by atoms with Crippen molar-refractivity contribution in [3.05, 3.63) is 34.3 Å². The molecule has 0 radical (unpaired) electrons. The fourth-order valence-electron chi connectivity index (χ4n) is 1.93. The second kappa shape index (κ2) is 4.58. The van der Waals surface area contributed by atoms with Crippen LogP contribution in [0.15, 0.2) is 18.7 Å². The minimum absolute atomic E-state index is 0.705. The largest absolute Gasteiger partial charge is 0.330 e. The average molecular weight is 248 g/mol. The highest BCUT2D eigenvalue weighted by molar-refractivity contribution is 7.11. The van der Waals surface area contributed by atoms with Gasteiger partial charge < -0.3 is 9.88 Å². The molecule has 0 saturated heterocycles. The van der Waals surface area contributed by atoms with Gasteiger partial charge in [0.15, 0.2) is 0 Å². The molecule has 2 aromatic heterocycles. The van der Waals surface area contributed by atoms with Gasteiger partial charge in [-0.15, -0.1) is 11.3 Å². The van der Waals surface area contributed by atoms with Crippen LogP contribution in [0, 0.1) is 6.92 Å². The van der Waals surface area contributed by atoms with Gasteiger partial charge in [-0.3, -0.25) is 0 Å². The summed E-state index contributed by atoms with van der Waals surface area (Å²) in [6.45, 7) is 3.80. The minimum atomic E-state index is 0.705. The Morgan fingerprint density at radius 2 is 2.29 bits per heavy atom. The Balaban J connectivity index is 1.55. The molecule has 17 heavy (non-hydrogen) atoms. The molecule has 1 N–H and O–H groups in total. The van der Waals surface area contributed by atoms with E-state index in [1.165, 1.54) is 23.4 Å². The van der Waals surface area contributed by atoms with Gasteiger partial charge in [0.2, 0.25) is 0 Å². The van der Waals surface area contributed by atoms with E-state index in [0.717, 1.165) is 18.1 Å². The summed E-state index contributed by atoms with van der Waals surface area (Å²) in [7, 11) is 0. The van der Waals surface area contributed by atoms with E-state index >= 15 is 0 Å². The van der Waals surface area contributed by atoms with Gasteiger partial charge >= 0.3 is 0 Å². The molecule has 1 aliphatic carbocycles. The summed E-state index contributed by atoms with van der Waals surface area (Å²) >= 11 is 1.75. The van der Waals surface area contributed by atoms with Crippen LogP contribution < -0.4 is 5.32 Å². The monoisotopic (exact) mass is 248 g/mol. The Labute approximate surface area is 105 Å². The molecule has 1 fully saturated rings. The van der Waals surface area contributed by atoms with Crippen molar-refractivity contribution in [1.29, 1.82) is 0 Å². The number of hydrogen-bond donors (Lipinski definition) is 1. The van der Waals surface area contributed by atoms with Crippen molar-refractivity contribution in [2.45, 2.75) is 38.9 Å². The van der Waals surface area contributed by atoms with E-state index < -0.39 is 0 Å². The normalized spacial score (nSPS) is 15.4. The highest BCUT2D eigenvalue weighted by Crippen LogP contribution is 2.35. The lowest BCUT2D eigenvalue weighted by Crippen LogP contribution is -2.15. The van der Waals surface area contributed by atoms with Crippen LogP contribution in [0.25, 0.3) is 0 Å². The topological polar surface area (TPSA) is 42.7 Å². The standard InChI is InChI=1S/C12H16N4S/c1-9-4-15-12(17-9)7-13-5-11-6-14-8-16(11)10-2-3-10/h4,6,8,10,13H,2-3,5,7H2,1H3. The number of thiazole rings is 1. The Morgan fingerprint density at radius 1 is 1.41 bits per heavy atom. The highest BCUT2D eigenvalue weighted by atomic mass is 32.1. The van der Waals surface area contributed by atoms with Gasteiger partial charge in [0.25, 0.3) is 0 Å². The maximum absolute atomic E-state index is 4.34. The fourth-order valence-corrected chi connectivity index (χ4v) is 2.69. The molecule has 0 aliphatic heterocycles. The summed E-state index contributed by atoms with van der Waals surface area (Å²) in [5, 5.41) is 4.58. The SMILES string of the molecule is Cc1cnc(CNCc2cncn2C2CC2)s1. The molecule has 1 saturated carbocycles. The summed E-state index contributed by atoms with van der Waals surface area (Å²) in [4.78, 5) is 9.83. The highest BCUT2D eigenvalue weighted by Gasteiger charge is 2.24. The summed E-state index contributed by atoms with van der Waals surface area (Å²) in [5.74, 6) is 0. The molecule has 4 nitrogen and oxygen atoms in total. The molecule has 2 heterocycles. The predicted molar refractivity (Wildman–Crippen MR) is 67.9 cm³/mol. The molecule has 0 atom stereocenters. The van der Waals surface area contributed by atoms with Gasteiger partial charge in [-0.2, -0.15) is 0 Å². The van der Waals surface area contributed by atoms with Crippen LogP contribution in [0.2, 0.25) is 0 Å². The Bertz CT molecular complexity index is 498. The first kappa shape index (κ1) is 10.9. The van der Waals surface area contributed by atoms with Gasteiger partial charge in [-0.05, 0) is 19.8 Å². The number of nitrogens with one attached hydrogen (secondary N) is 1. The van der Waals surface area contributed by atoms with Crippen molar-refractivity contribution in [2.75, 3.05) is 0 Å². The smallest absolute Gasteiger partial charge is 0.107 e. The molecule has 0 amide bonds. The molecule has 90 valence electrons. The third kappa shape index (κ3) is 2.56. The number of rotatable bonds is 5. The quantitative estimate of drug-likeness (QED) is 0.882. The van der Waals surface area contributed by atoms with Gasteiger partial charge in [0.05, 0.1) is 12.0 Å². The zero-order valence-electron chi connectivity index (χ0n) is 9.89. The third-order valence-electron chi connectivity index (χ3n) is 2.94. The number of nitrogens with zero attached hydrogens (tertiary/aromatic N) is 3. The molecular formula is C12H16N4S. The average Bonchev–Trinajstić information content (AvgIpc) is 2.92. The van der Waals surface area contributed by atoms with Gasteiger partial charge in [0, 0.05) is 36.4 Å². The molecule has 1 aliphatic rings. The van der Waals surface area contributed by atoms with Crippen LogP contribution in [0.3, 0.4) is 0 Å². The van der Waals surface area contributed by atoms with E-state index in [-0.39, 0.29) is 0 Å². The van der Waals surface area contributed by atoms with E-state index in [1.54, 1.807) is 11.3 Å². The Hall–Kier alpha value is -1.20. The van der Waals surface area contributed by atoms with Crippen LogP contribution >= 0.6 is 11.3 Å². The number of aryl methyl sites for hydroxylation is 1. The number of imidazole rings is 1. The predicted octanol–water partition coefficient (Wildman–Crippen LogP) is 2.27. The third-order valence-corrected chi connectivity index (χ3v) is 3.85. The van der Waals surface area contributed by atoms with Gasteiger partial charge in [-0.25, -0.2) is 9.97 Å². The van der Waals surface area contributed by atoms with Crippen LogP contribution in [-0.4, -0.2) is 14.5 Å². The van der Waals surface area contributed by atoms with E-state index in [1.807, 2.05) is 18.7 Å². The Morgan fingerprint density at radius 3 is 3.00 bits per heavy atom. The van der Waals surface area contributed by atoms with Gasteiger partial charge in [-0.1, -0.05) is 0 Å². The first-order valence-electron chi connectivity index (χ1n) is 5.95. The summed E-state index contributed by atoms with van der Waals surface area (Å²) in [6.07, 6.45) is 8.43. The van der Waals surface area contributed by atoms with Crippen molar-refractivity contribution in [3.63, 3.8) is 0 Å². The summed E-state index contributed by atoms with van der Waals surface area (Å²) in [5.41, 5.74) is 1.28. The van der Waals surface area contributed by atoms with Gasteiger partial charge in [0.1, 0.15) is 5.01 Å². The number of hydrogen-bond acceptors (Lipinski definition) is 4. The van der Waals surface area contributed by atoms with Crippen molar-refractivity contribution in [1.82, 2.24) is 19.9 Å². The van der Waals surface area contributed by atoms with Crippen molar-refractivity contribution < 1.29 is 0 Å². The second-order valence-electron chi connectivity index (χ2n) is 4.49. The van der Waals surface area contributed by atoms with Crippen LogP contribution in [0.5, 0.6) is 0 Å². The maximum atomic E-state index is 4.34. The first-order chi connectivity index (χ1) is 8.33. The zero-order valence-corrected chi connectivity index (χ0v) is 10.7. The minimum Gasteiger partial charge on any atom is -0.330 e. The maximum Gasteiger partial charge on any atom is 0.107 e. The van der Waals surface area contributed by atoms with E-state index in [9.17, 15) is 0 Å². The van der Waals surface area contributed by atoms with E-state index in [0.29, 0.717) is 6.04 Å². The van der Waals surface area contributed by atoms with E-state index in [4.69, 9.17) is 0 Å². The molecule has 2 aromatic rings. The van der Waals surface area contributed by atoms with Crippen LogP contribution in [0.1, 0.15) is 34.5 Å². The molecule has 0 aromatic carbocycles. The van der Waals surface area contributed by atoms with Crippen molar-refractivity contribution in [3.8, 4) is 0 Å². The van der Waals surface area contributed by atoms with Crippen molar-refractivity contribution in [2.24, 2.45) is 0 Å². The first-order valence-corrected chi connectivity index (χ1v) is 6.77. The summed E-state index contributed by atoms with van der Waals surface area (Å²) < 4.78 is 2.29. The lowest BCUT2D eigenvalue weighted by atomic mass is 10.4. The lowest BCUT2D eigenvalue weighted by molar-refractivity contribution is 0.619. The zero-order chi connectivity index (χ0) is 11.7. The molecular weight excluding hydrogens is 232 g/mol. The fraction of sp³-hybridized carbons (Fsp3) is 0.500. The molecule has 5 heteroatoms. The van der Waals surface area contributed by atoms with Crippen LogP contribution in [-0.2, 0) is 13.1 Å². The molecule has 0 bridgehead atoms. The van der Waals surface area contributed by atoms with Crippen LogP contribution in [0.4, 0.5) is 0 Å². The summed E-state index contributed by atoms with van der Waals surface area (Å²) in [6, 6.07) is 0.705. The van der Waals surface area contributed by atoms with Crippen molar-refractivity contribution >= 4 is 11.3 Å².